The second kappa shape index (κ2) is 6.57. The van der Waals surface area contributed by atoms with E-state index in [9.17, 15) is 4.79 Å². The molecule has 106 valence electrons. The van der Waals surface area contributed by atoms with Crippen LogP contribution in [-0.4, -0.2) is 31.3 Å². The van der Waals surface area contributed by atoms with Crippen LogP contribution >= 0.6 is 0 Å². The first-order chi connectivity index (χ1) is 8.81. The molecule has 0 saturated carbocycles. The molecule has 0 aliphatic rings. The van der Waals surface area contributed by atoms with E-state index in [0.717, 1.165) is 5.69 Å². The second-order valence-corrected chi connectivity index (χ2v) is 5.51. The van der Waals surface area contributed by atoms with Gasteiger partial charge in [-0.15, -0.1) is 0 Å². The fraction of sp³-hybridized carbons (Fsp3) is 0.533. The van der Waals surface area contributed by atoms with Crippen LogP contribution in [-0.2, 0) is 14.3 Å². The highest BCUT2D eigenvalue weighted by Gasteiger charge is 2.22. The van der Waals surface area contributed by atoms with Crippen molar-refractivity contribution in [3.05, 3.63) is 29.8 Å². The van der Waals surface area contributed by atoms with Gasteiger partial charge in [0.25, 0.3) is 0 Å². The first kappa shape index (κ1) is 15.5. The van der Waals surface area contributed by atoms with Crippen molar-refractivity contribution in [3.63, 3.8) is 0 Å². The van der Waals surface area contributed by atoms with E-state index < -0.39 is 6.04 Å². The van der Waals surface area contributed by atoms with Crippen molar-refractivity contribution in [2.45, 2.75) is 39.3 Å². The third-order valence-corrected chi connectivity index (χ3v) is 2.56. The summed E-state index contributed by atoms with van der Waals surface area (Å²) in [6, 6.07) is 7.33. The number of esters is 1. The minimum absolute atomic E-state index is 0.268. The number of methoxy groups -OCH3 is 1. The van der Waals surface area contributed by atoms with Crippen LogP contribution in [0.3, 0.4) is 0 Å². The summed E-state index contributed by atoms with van der Waals surface area (Å²) in [6.07, 6.45) is 0. The summed E-state index contributed by atoms with van der Waals surface area (Å²) < 4.78 is 10.4. The molecule has 0 unspecified atom stereocenters. The topological polar surface area (TPSA) is 47.6 Å². The number of carbonyl (C=O) groups is 1. The molecule has 4 heteroatoms. The molecule has 0 bridgehead atoms. The van der Waals surface area contributed by atoms with Crippen molar-refractivity contribution in [3.8, 4) is 0 Å². The number of ether oxygens (including phenoxy) is 2. The van der Waals surface area contributed by atoms with Crippen LogP contribution in [0.2, 0.25) is 0 Å². The summed E-state index contributed by atoms with van der Waals surface area (Å²) in [6.45, 7) is 8.14. The third-order valence-electron chi connectivity index (χ3n) is 2.56. The Bertz CT molecular complexity index is 406. The summed E-state index contributed by atoms with van der Waals surface area (Å²) in [5, 5.41) is 3.13. The van der Waals surface area contributed by atoms with Crippen LogP contribution in [0.25, 0.3) is 0 Å². The number of benzene rings is 1. The Balaban J connectivity index is 2.69. The lowest BCUT2D eigenvalue weighted by Gasteiger charge is -2.24. The predicted octanol–water partition coefficient (Wildman–Crippen LogP) is 2.76. The van der Waals surface area contributed by atoms with E-state index in [0.29, 0.717) is 0 Å². The molecule has 1 N–H and O–H groups in total. The molecule has 0 aliphatic carbocycles. The number of carbonyl (C=O) groups excluding carboxylic acids is 1. The quantitative estimate of drug-likeness (QED) is 0.832. The minimum Gasteiger partial charge on any atom is -0.467 e. The van der Waals surface area contributed by atoms with Gasteiger partial charge < -0.3 is 14.8 Å². The lowest BCUT2D eigenvalue weighted by Crippen LogP contribution is -2.38. The van der Waals surface area contributed by atoms with Gasteiger partial charge in [0.15, 0.2) is 0 Å². The largest absolute Gasteiger partial charge is 0.467 e. The van der Waals surface area contributed by atoms with Crippen LogP contribution in [0.5, 0.6) is 0 Å². The van der Waals surface area contributed by atoms with Crippen molar-refractivity contribution >= 4 is 11.7 Å². The van der Waals surface area contributed by atoms with Crippen molar-refractivity contribution in [1.82, 2.24) is 0 Å². The van der Waals surface area contributed by atoms with Gasteiger partial charge in [0.2, 0.25) is 0 Å². The van der Waals surface area contributed by atoms with Crippen LogP contribution in [0.15, 0.2) is 24.3 Å². The molecule has 0 radical (unpaired) electrons. The van der Waals surface area contributed by atoms with Gasteiger partial charge in [0.1, 0.15) is 6.04 Å². The van der Waals surface area contributed by atoms with Crippen LogP contribution < -0.4 is 5.32 Å². The van der Waals surface area contributed by atoms with Gasteiger partial charge >= 0.3 is 5.97 Å². The standard InChI is InChI=1S/C15H23NO3/c1-11-6-8-12(9-7-11)16-13(14(17)18-5)10-19-15(2,3)4/h6-9,13,16H,10H2,1-5H3/t13-/m0/s1. The summed E-state index contributed by atoms with van der Waals surface area (Å²) in [5.41, 5.74) is 1.76. The number of hydrogen-bond acceptors (Lipinski definition) is 4. The highest BCUT2D eigenvalue weighted by Crippen LogP contribution is 2.13. The van der Waals surface area contributed by atoms with E-state index in [1.165, 1.54) is 12.7 Å². The lowest BCUT2D eigenvalue weighted by atomic mass is 10.2. The SMILES string of the molecule is COC(=O)[C@H](COC(C)(C)C)Nc1ccc(C)cc1. The van der Waals surface area contributed by atoms with Gasteiger partial charge in [0, 0.05) is 5.69 Å². The van der Waals surface area contributed by atoms with Crippen LogP contribution in [0, 0.1) is 6.92 Å². The first-order valence-electron chi connectivity index (χ1n) is 6.37. The fourth-order valence-corrected chi connectivity index (χ4v) is 1.50. The summed E-state index contributed by atoms with van der Waals surface area (Å²) in [7, 11) is 1.38. The van der Waals surface area contributed by atoms with Crippen LogP contribution in [0.1, 0.15) is 26.3 Å². The fourth-order valence-electron chi connectivity index (χ4n) is 1.50. The zero-order valence-electron chi connectivity index (χ0n) is 12.3. The molecular formula is C15H23NO3. The summed E-state index contributed by atoms with van der Waals surface area (Å²) in [4.78, 5) is 11.7. The Hall–Kier alpha value is -1.55. The molecule has 1 aromatic rings. The predicted molar refractivity (Wildman–Crippen MR) is 76.3 cm³/mol. The smallest absolute Gasteiger partial charge is 0.330 e. The number of hydrogen-bond donors (Lipinski definition) is 1. The maximum absolute atomic E-state index is 11.7. The molecule has 0 aromatic heterocycles. The third kappa shape index (κ3) is 5.75. The maximum Gasteiger partial charge on any atom is 0.330 e. The molecule has 1 aromatic carbocycles. The molecule has 0 heterocycles. The first-order valence-corrected chi connectivity index (χ1v) is 6.37. The highest BCUT2D eigenvalue weighted by molar-refractivity contribution is 5.79. The summed E-state index contributed by atoms with van der Waals surface area (Å²) >= 11 is 0. The zero-order chi connectivity index (χ0) is 14.5. The van der Waals surface area contributed by atoms with Crippen molar-refractivity contribution < 1.29 is 14.3 Å². The molecule has 0 spiro atoms. The number of rotatable bonds is 5. The molecular weight excluding hydrogens is 242 g/mol. The normalized spacial score (nSPS) is 12.9. The average molecular weight is 265 g/mol. The van der Waals surface area contributed by atoms with Crippen LogP contribution in [0.4, 0.5) is 5.69 Å². The lowest BCUT2D eigenvalue weighted by molar-refractivity contribution is -0.144. The molecule has 0 aliphatic heterocycles. The van der Waals surface area contributed by atoms with E-state index in [-0.39, 0.29) is 18.2 Å². The molecule has 1 atom stereocenters. The Morgan fingerprint density at radius 1 is 1.26 bits per heavy atom. The average Bonchev–Trinajstić information content (AvgIpc) is 2.34. The number of aryl methyl sites for hydroxylation is 1. The van der Waals surface area contributed by atoms with E-state index in [4.69, 9.17) is 9.47 Å². The highest BCUT2D eigenvalue weighted by atomic mass is 16.5. The van der Waals surface area contributed by atoms with E-state index >= 15 is 0 Å². The molecule has 0 saturated heterocycles. The number of nitrogens with one attached hydrogen (secondary N) is 1. The Labute approximate surface area is 115 Å². The van der Waals surface area contributed by atoms with E-state index in [1.807, 2.05) is 52.0 Å². The maximum atomic E-state index is 11.7. The van der Waals surface area contributed by atoms with Gasteiger partial charge in [-0.25, -0.2) is 4.79 Å². The summed E-state index contributed by atoms with van der Waals surface area (Å²) in [5.74, 6) is -0.329. The Morgan fingerprint density at radius 2 is 1.84 bits per heavy atom. The molecule has 19 heavy (non-hydrogen) atoms. The monoisotopic (exact) mass is 265 g/mol. The van der Waals surface area contributed by atoms with Gasteiger partial charge in [-0.1, -0.05) is 17.7 Å². The molecule has 0 fully saturated rings. The van der Waals surface area contributed by atoms with E-state index in [1.54, 1.807) is 0 Å². The van der Waals surface area contributed by atoms with Gasteiger partial charge in [0.05, 0.1) is 19.3 Å². The minimum atomic E-state index is -0.507. The van der Waals surface area contributed by atoms with Crippen molar-refractivity contribution in [1.29, 1.82) is 0 Å². The Kier molecular flexibility index (Phi) is 5.36. The number of anilines is 1. The van der Waals surface area contributed by atoms with Gasteiger partial charge in [-0.2, -0.15) is 0 Å². The molecule has 4 nitrogen and oxygen atoms in total. The van der Waals surface area contributed by atoms with Gasteiger partial charge in [-0.05, 0) is 39.8 Å². The zero-order valence-corrected chi connectivity index (χ0v) is 12.3. The van der Waals surface area contributed by atoms with Crippen molar-refractivity contribution in [2.75, 3.05) is 19.0 Å². The second-order valence-electron chi connectivity index (χ2n) is 5.51. The van der Waals surface area contributed by atoms with Gasteiger partial charge in [-0.3, -0.25) is 0 Å². The van der Waals surface area contributed by atoms with Crippen molar-refractivity contribution in [2.24, 2.45) is 0 Å². The molecule has 1 rings (SSSR count). The Morgan fingerprint density at radius 3 is 2.32 bits per heavy atom. The molecule has 0 amide bonds. The van der Waals surface area contributed by atoms with E-state index in [2.05, 4.69) is 5.32 Å².